The second kappa shape index (κ2) is 8.45. The molecule has 0 bridgehead atoms. The topological polar surface area (TPSA) is 94.3 Å². The summed E-state index contributed by atoms with van der Waals surface area (Å²) in [4.78, 5) is 23.4. The van der Waals surface area contributed by atoms with Crippen LogP contribution in [0.1, 0.15) is 10.4 Å². The first-order valence-electron chi connectivity index (χ1n) is 7.75. The van der Waals surface area contributed by atoms with E-state index in [0.29, 0.717) is 16.8 Å². The first kappa shape index (κ1) is 18.6. The molecule has 9 heteroatoms. The summed E-state index contributed by atoms with van der Waals surface area (Å²) in [6, 6.07) is 12.0. The second-order valence-corrected chi connectivity index (χ2v) is 6.21. The van der Waals surface area contributed by atoms with Gasteiger partial charge in [0.25, 0.3) is 5.22 Å². The molecule has 3 rings (SSSR count). The fourth-order valence-corrected chi connectivity index (χ4v) is 2.67. The van der Waals surface area contributed by atoms with E-state index in [2.05, 4.69) is 20.3 Å². The molecular formula is C18H14FN3O4S. The summed E-state index contributed by atoms with van der Waals surface area (Å²) >= 11 is 1.08. The van der Waals surface area contributed by atoms with Crippen LogP contribution in [0.5, 0.6) is 0 Å². The number of hydrogen-bond acceptors (Lipinski definition) is 7. The fraction of sp³-hybridized carbons (Fsp3) is 0.111. The average Bonchev–Trinajstić information content (AvgIpc) is 3.16. The van der Waals surface area contributed by atoms with Crippen molar-refractivity contribution < 1.29 is 23.1 Å². The molecule has 0 saturated carbocycles. The van der Waals surface area contributed by atoms with Gasteiger partial charge < -0.3 is 14.5 Å². The van der Waals surface area contributed by atoms with E-state index in [4.69, 9.17) is 4.42 Å². The van der Waals surface area contributed by atoms with Gasteiger partial charge in [-0.15, -0.1) is 10.2 Å². The Morgan fingerprint density at radius 1 is 1.11 bits per heavy atom. The predicted molar refractivity (Wildman–Crippen MR) is 96.8 cm³/mol. The van der Waals surface area contributed by atoms with Gasteiger partial charge in [-0.3, -0.25) is 4.79 Å². The molecule has 1 heterocycles. The van der Waals surface area contributed by atoms with Crippen LogP contribution >= 0.6 is 11.8 Å². The Morgan fingerprint density at radius 3 is 2.48 bits per heavy atom. The van der Waals surface area contributed by atoms with E-state index < -0.39 is 5.97 Å². The number of rotatable bonds is 6. The highest BCUT2D eigenvalue weighted by Gasteiger charge is 2.12. The second-order valence-electron chi connectivity index (χ2n) is 5.29. The molecule has 0 spiro atoms. The van der Waals surface area contributed by atoms with Crippen molar-refractivity contribution in [2.75, 3.05) is 18.2 Å². The number of aromatic nitrogens is 2. The van der Waals surface area contributed by atoms with E-state index in [1.54, 1.807) is 24.3 Å². The van der Waals surface area contributed by atoms with Crippen molar-refractivity contribution in [3.8, 4) is 11.5 Å². The number of benzene rings is 2. The van der Waals surface area contributed by atoms with Crippen LogP contribution < -0.4 is 5.32 Å². The van der Waals surface area contributed by atoms with Gasteiger partial charge in [0.2, 0.25) is 11.8 Å². The van der Waals surface area contributed by atoms with E-state index in [1.807, 2.05) is 0 Å². The molecule has 2 aromatic carbocycles. The van der Waals surface area contributed by atoms with Gasteiger partial charge in [0.15, 0.2) is 0 Å². The SMILES string of the molecule is COC(=O)c1ccc(NC(=O)CSc2nnc(-c3ccc(F)cc3)o2)cc1. The minimum atomic E-state index is -0.447. The monoisotopic (exact) mass is 387 g/mol. The first-order valence-corrected chi connectivity index (χ1v) is 8.74. The summed E-state index contributed by atoms with van der Waals surface area (Å²) in [5.41, 5.74) is 1.53. The lowest BCUT2D eigenvalue weighted by molar-refractivity contribution is -0.113. The molecule has 0 radical (unpaired) electrons. The third-order valence-electron chi connectivity index (χ3n) is 3.41. The standard InChI is InChI=1S/C18H14FN3O4S/c1-25-17(24)12-4-8-14(9-5-12)20-15(23)10-27-18-22-21-16(26-18)11-2-6-13(19)7-3-11/h2-9H,10H2,1H3,(H,20,23). The molecule has 0 saturated heterocycles. The molecule has 1 aromatic heterocycles. The number of nitrogens with zero attached hydrogens (tertiary/aromatic N) is 2. The highest BCUT2D eigenvalue weighted by Crippen LogP contribution is 2.23. The third kappa shape index (κ3) is 4.91. The molecule has 1 amide bonds. The molecule has 27 heavy (non-hydrogen) atoms. The summed E-state index contributed by atoms with van der Waals surface area (Å²) in [5.74, 6) is -0.770. The number of thioether (sulfide) groups is 1. The molecular weight excluding hydrogens is 373 g/mol. The zero-order valence-electron chi connectivity index (χ0n) is 14.1. The van der Waals surface area contributed by atoms with Crippen LogP contribution in [-0.4, -0.2) is 34.9 Å². The van der Waals surface area contributed by atoms with E-state index in [0.717, 1.165) is 11.8 Å². The Balaban J connectivity index is 1.53. The molecule has 0 aliphatic carbocycles. The number of halogens is 1. The van der Waals surface area contributed by atoms with Crippen LogP contribution in [0.25, 0.3) is 11.5 Å². The Bertz CT molecular complexity index is 942. The Labute approximate surface area is 157 Å². The maximum atomic E-state index is 12.9. The van der Waals surface area contributed by atoms with Gasteiger partial charge in [0.1, 0.15) is 5.82 Å². The van der Waals surface area contributed by atoms with Gasteiger partial charge in [0, 0.05) is 11.3 Å². The summed E-state index contributed by atoms with van der Waals surface area (Å²) < 4.78 is 23.0. The fourth-order valence-electron chi connectivity index (χ4n) is 2.11. The van der Waals surface area contributed by atoms with Crippen molar-refractivity contribution in [1.29, 1.82) is 0 Å². The molecule has 1 N–H and O–H groups in total. The van der Waals surface area contributed by atoms with Gasteiger partial charge in [-0.25, -0.2) is 9.18 Å². The zero-order valence-corrected chi connectivity index (χ0v) is 15.0. The molecule has 3 aromatic rings. The van der Waals surface area contributed by atoms with Gasteiger partial charge in [-0.2, -0.15) is 0 Å². The van der Waals surface area contributed by atoms with E-state index >= 15 is 0 Å². The summed E-state index contributed by atoms with van der Waals surface area (Å²) in [6.07, 6.45) is 0. The number of nitrogens with one attached hydrogen (secondary N) is 1. The molecule has 0 aliphatic rings. The number of amides is 1. The van der Waals surface area contributed by atoms with Crippen LogP contribution in [0.4, 0.5) is 10.1 Å². The Morgan fingerprint density at radius 2 is 1.81 bits per heavy atom. The van der Waals surface area contributed by atoms with Gasteiger partial charge in [-0.05, 0) is 48.5 Å². The molecule has 0 atom stereocenters. The van der Waals surface area contributed by atoms with E-state index in [1.165, 1.54) is 31.4 Å². The van der Waals surface area contributed by atoms with Crippen LogP contribution in [0.15, 0.2) is 58.2 Å². The number of carbonyl (C=O) groups is 2. The van der Waals surface area contributed by atoms with Crippen molar-refractivity contribution in [3.63, 3.8) is 0 Å². The number of hydrogen-bond donors (Lipinski definition) is 1. The van der Waals surface area contributed by atoms with Gasteiger partial charge >= 0.3 is 5.97 Å². The number of esters is 1. The van der Waals surface area contributed by atoms with Gasteiger partial charge in [0.05, 0.1) is 18.4 Å². The van der Waals surface area contributed by atoms with E-state index in [9.17, 15) is 14.0 Å². The van der Waals surface area contributed by atoms with Crippen LogP contribution in [0, 0.1) is 5.82 Å². The molecule has 0 unspecified atom stereocenters. The number of methoxy groups -OCH3 is 1. The largest absolute Gasteiger partial charge is 0.465 e. The average molecular weight is 387 g/mol. The van der Waals surface area contributed by atoms with Crippen molar-refractivity contribution in [2.24, 2.45) is 0 Å². The molecule has 0 fully saturated rings. The lowest BCUT2D eigenvalue weighted by Crippen LogP contribution is -2.14. The van der Waals surface area contributed by atoms with Crippen molar-refractivity contribution in [1.82, 2.24) is 10.2 Å². The summed E-state index contributed by atoms with van der Waals surface area (Å²) in [5, 5.41) is 10.7. The van der Waals surface area contributed by atoms with Crippen molar-refractivity contribution in [2.45, 2.75) is 5.22 Å². The minimum absolute atomic E-state index is 0.0593. The van der Waals surface area contributed by atoms with Crippen molar-refractivity contribution >= 4 is 29.3 Å². The molecule has 0 aliphatic heterocycles. The smallest absolute Gasteiger partial charge is 0.337 e. The predicted octanol–water partition coefficient (Wildman–Crippen LogP) is 3.39. The highest BCUT2D eigenvalue weighted by atomic mass is 32.2. The quantitative estimate of drug-likeness (QED) is 0.512. The summed E-state index contributed by atoms with van der Waals surface area (Å²) in [6.45, 7) is 0. The zero-order chi connectivity index (χ0) is 19.2. The highest BCUT2D eigenvalue weighted by molar-refractivity contribution is 7.99. The minimum Gasteiger partial charge on any atom is -0.465 e. The van der Waals surface area contributed by atoms with Crippen LogP contribution in [0.2, 0.25) is 0 Å². The van der Waals surface area contributed by atoms with Crippen molar-refractivity contribution in [3.05, 3.63) is 59.9 Å². The van der Waals surface area contributed by atoms with Crippen LogP contribution in [0.3, 0.4) is 0 Å². The maximum Gasteiger partial charge on any atom is 0.337 e. The Hall–Kier alpha value is -3.20. The number of carbonyl (C=O) groups excluding carboxylic acids is 2. The normalized spacial score (nSPS) is 10.4. The number of anilines is 1. The lowest BCUT2D eigenvalue weighted by atomic mass is 10.2. The maximum absolute atomic E-state index is 12.9. The number of ether oxygens (including phenoxy) is 1. The third-order valence-corrected chi connectivity index (χ3v) is 4.23. The van der Waals surface area contributed by atoms with Crippen LogP contribution in [-0.2, 0) is 9.53 Å². The lowest BCUT2D eigenvalue weighted by Gasteiger charge is -2.05. The molecule has 7 nitrogen and oxygen atoms in total. The van der Waals surface area contributed by atoms with Gasteiger partial charge in [-0.1, -0.05) is 11.8 Å². The first-order chi connectivity index (χ1) is 13.0. The Kier molecular flexibility index (Phi) is 5.82. The molecule has 138 valence electrons. The summed E-state index contributed by atoms with van der Waals surface area (Å²) in [7, 11) is 1.30. The van der Waals surface area contributed by atoms with E-state index in [-0.39, 0.29) is 28.6 Å².